The Bertz CT molecular complexity index is 1370. The molecule has 0 atom stereocenters. The van der Waals surface area contributed by atoms with E-state index < -0.39 is 8.32 Å². The summed E-state index contributed by atoms with van der Waals surface area (Å²) >= 11 is 0. The highest BCUT2D eigenvalue weighted by Gasteiger charge is 2.40. The number of benzene rings is 3. The third-order valence-electron chi connectivity index (χ3n) is 9.49. The molecule has 5 rings (SSSR count). The van der Waals surface area contributed by atoms with Gasteiger partial charge >= 0.3 is 0 Å². The van der Waals surface area contributed by atoms with Gasteiger partial charge in [-0.05, 0) is 141 Å². The quantitative estimate of drug-likeness (QED) is 0.343. The molecule has 202 valence electrons. The second-order valence-electron chi connectivity index (χ2n) is 13.4. The lowest BCUT2D eigenvalue weighted by Gasteiger charge is -2.38. The Labute approximate surface area is 231 Å². The summed E-state index contributed by atoms with van der Waals surface area (Å²) in [5, 5.41) is 12.4. The molecule has 2 aliphatic rings. The Morgan fingerprint density at radius 2 is 1.26 bits per heavy atom. The van der Waals surface area contributed by atoms with Gasteiger partial charge in [0.15, 0.2) is 0 Å². The molecule has 0 aromatic heterocycles. The standard InChI is InChI=1S/C35H46O2Si/c1-22-19-23(2)31(24(3)20-22)29-21-26-14-10-12-16-28(26)33(34(29)36)32-27-15-11-9-13-25(27)17-18-30(32)37-38(7,8)35(4,5)6/h17-21,36H,9-16H2,1-8H3. The summed E-state index contributed by atoms with van der Waals surface area (Å²) in [7, 11) is -2.09. The normalized spacial score (nSPS) is 15.7. The van der Waals surface area contributed by atoms with Crippen LogP contribution in [0.3, 0.4) is 0 Å². The number of hydrogen-bond acceptors (Lipinski definition) is 2. The first-order valence-corrected chi connectivity index (χ1v) is 17.6. The molecule has 0 spiro atoms. The number of aryl methyl sites for hydroxylation is 5. The van der Waals surface area contributed by atoms with E-state index in [1.807, 2.05) is 0 Å². The third-order valence-corrected chi connectivity index (χ3v) is 13.8. The molecule has 0 saturated heterocycles. The van der Waals surface area contributed by atoms with Crippen LogP contribution >= 0.6 is 0 Å². The minimum absolute atomic E-state index is 0.0968. The molecule has 2 aliphatic carbocycles. The van der Waals surface area contributed by atoms with E-state index in [1.165, 1.54) is 75.8 Å². The van der Waals surface area contributed by atoms with E-state index in [-0.39, 0.29) is 5.04 Å². The fraction of sp³-hybridized carbons (Fsp3) is 0.486. The van der Waals surface area contributed by atoms with Gasteiger partial charge in [-0.25, -0.2) is 0 Å². The van der Waals surface area contributed by atoms with E-state index in [0.29, 0.717) is 5.75 Å². The average molecular weight is 527 g/mol. The molecule has 0 aliphatic heterocycles. The van der Waals surface area contributed by atoms with E-state index in [4.69, 9.17) is 4.43 Å². The maximum Gasteiger partial charge on any atom is 0.250 e. The zero-order chi connectivity index (χ0) is 27.4. The highest BCUT2D eigenvalue weighted by atomic mass is 28.4. The van der Waals surface area contributed by atoms with Crippen molar-refractivity contribution in [2.75, 3.05) is 0 Å². The van der Waals surface area contributed by atoms with E-state index in [2.05, 4.69) is 85.0 Å². The Morgan fingerprint density at radius 3 is 1.87 bits per heavy atom. The Kier molecular flexibility index (Phi) is 7.05. The molecular weight excluding hydrogens is 480 g/mol. The van der Waals surface area contributed by atoms with E-state index in [0.717, 1.165) is 42.6 Å². The van der Waals surface area contributed by atoms with Crippen LogP contribution in [0.2, 0.25) is 18.1 Å². The van der Waals surface area contributed by atoms with Crippen molar-refractivity contribution in [3.05, 3.63) is 69.3 Å². The van der Waals surface area contributed by atoms with Crippen molar-refractivity contribution in [2.45, 2.75) is 111 Å². The summed E-state index contributed by atoms with van der Waals surface area (Å²) in [6, 6.07) is 11.3. The number of phenols is 1. The van der Waals surface area contributed by atoms with Crippen LogP contribution in [0, 0.1) is 20.8 Å². The molecule has 0 amide bonds. The van der Waals surface area contributed by atoms with Crippen LogP contribution in [-0.2, 0) is 25.7 Å². The summed E-state index contributed by atoms with van der Waals surface area (Å²) < 4.78 is 7.10. The number of rotatable bonds is 4. The third kappa shape index (κ3) is 4.72. The van der Waals surface area contributed by atoms with Gasteiger partial charge in [-0.3, -0.25) is 0 Å². The van der Waals surface area contributed by atoms with Crippen molar-refractivity contribution in [3.63, 3.8) is 0 Å². The van der Waals surface area contributed by atoms with Crippen LogP contribution in [-0.4, -0.2) is 13.4 Å². The van der Waals surface area contributed by atoms with Gasteiger partial charge in [-0.15, -0.1) is 0 Å². The van der Waals surface area contributed by atoms with Crippen LogP contribution in [0.15, 0.2) is 30.3 Å². The second kappa shape index (κ2) is 9.90. The number of aromatic hydroxyl groups is 1. The SMILES string of the molecule is Cc1cc(C)c(-c2cc3c(c(-c4c(O[Si](C)(C)C(C)(C)C)ccc5c4CCCC5)c2O)CCCC3)c(C)c1. The van der Waals surface area contributed by atoms with Gasteiger partial charge in [0.1, 0.15) is 11.5 Å². The maximum absolute atomic E-state index is 12.3. The monoisotopic (exact) mass is 526 g/mol. The number of phenolic OH excluding ortho intramolecular Hbond substituents is 1. The zero-order valence-electron chi connectivity index (χ0n) is 24.9. The lowest BCUT2D eigenvalue weighted by molar-refractivity contribution is 0.474. The average Bonchev–Trinajstić information content (AvgIpc) is 2.83. The molecule has 0 radical (unpaired) electrons. The van der Waals surface area contributed by atoms with Crippen LogP contribution in [0.25, 0.3) is 22.3 Å². The Balaban J connectivity index is 1.84. The number of hydrogen-bond donors (Lipinski definition) is 1. The van der Waals surface area contributed by atoms with Crippen LogP contribution < -0.4 is 4.43 Å². The van der Waals surface area contributed by atoms with Crippen LogP contribution in [0.4, 0.5) is 0 Å². The summed E-state index contributed by atoms with van der Waals surface area (Å²) in [5.41, 5.74) is 13.7. The van der Waals surface area contributed by atoms with Crippen molar-refractivity contribution in [2.24, 2.45) is 0 Å². The predicted octanol–water partition coefficient (Wildman–Crippen LogP) is 9.79. The summed E-state index contributed by atoms with van der Waals surface area (Å²) in [4.78, 5) is 0. The zero-order valence-corrected chi connectivity index (χ0v) is 25.9. The number of fused-ring (bicyclic) bond motifs is 2. The molecule has 3 heteroatoms. The first-order valence-electron chi connectivity index (χ1n) is 14.7. The first kappa shape index (κ1) is 27.1. The fourth-order valence-electron chi connectivity index (χ4n) is 6.55. The lowest BCUT2D eigenvalue weighted by Crippen LogP contribution is -2.44. The highest BCUT2D eigenvalue weighted by Crippen LogP contribution is 2.52. The van der Waals surface area contributed by atoms with Gasteiger partial charge in [0.05, 0.1) is 0 Å². The molecule has 0 heterocycles. The second-order valence-corrected chi connectivity index (χ2v) is 18.1. The van der Waals surface area contributed by atoms with E-state index in [1.54, 1.807) is 0 Å². The first-order chi connectivity index (χ1) is 17.9. The molecule has 0 fully saturated rings. The molecule has 3 aromatic rings. The molecule has 3 aromatic carbocycles. The van der Waals surface area contributed by atoms with E-state index >= 15 is 0 Å². The predicted molar refractivity (Wildman–Crippen MR) is 164 cm³/mol. The van der Waals surface area contributed by atoms with Gasteiger partial charge < -0.3 is 9.53 Å². The summed E-state index contributed by atoms with van der Waals surface area (Å²) in [6.07, 6.45) is 9.09. The minimum atomic E-state index is -2.09. The van der Waals surface area contributed by atoms with Crippen LogP contribution in [0.1, 0.15) is 85.4 Å². The molecule has 38 heavy (non-hydrogen) atoms. The molecule has 0 saturated carbocycles. The van der Waals surface area contributed by atoms with Crippen molar-refractivity contribution < 1.29 is 9.53 Å². The molecule has 0 unspecified atom stereocenters. The van der Waals surface area contributed by atoms with Crippen LogP contribution in [0.5, 0.6) is 11.5 Å². The van der Waals surface area contributed by atoms with Crippen molar-refractivity contribution >= 4 is 8.32 Å². The van der Waals surface area contributed by atoms with E-state index in [9.17, 15) is 5.11 Å². The Morgan fingerprint density at radius 1 is 0.711 bits per heavy atom. The molecule has 0 bridgehead atoms. The lowest BCUT2D eigenvalue weighted by atomic mass is 9.78. The largest absolute Gasteiger partial charge is 0.543 e. The van der Waals surface area contributed by atoms with Gasteiger partial charge in [0.25, 0.3) is 8.32 Å². The smallest absolute Gasteiger partial charge is 0.250 e. The van der Waals surface area contributed by atoms with Crippen molar-refractivity contribution in [3.8, 4) is 33.8 Å². The summed E-state index contributed by atoms with van der Waals surface area (Å²) in [6.45, 7) is 18.1. The Hall–Kier alpha value is -2.52. The van der Waals surface area contributed by atoms with Gasteiger partial charge in [-0.1, -0.05) is 44.5 Å². The topological polar surface area (TPSA) is 29.5 Å². The summed E-state index contributed by atoms with van der Waals surface area (Å²) in [5.74, 6) is 1.43. The van der Waals surface area contributed by atoms with Gasteiger partial charge in [0.2, 0.25) is 0 Å². The highest BCUT2D eigenvalue weighted by molar-refractivity contribution is 6.74. The fourth-order valence-corrected chi connectivity index (χ4v) is 7.58. The molecular formula is C35H46O2Si. The van der Waals surface area contributed by atoms with Gasteiger partial charge in [-0.2, -0.15) is 0 Å². The van der Waals surface area contributed by atoms with Crippen molar-refractivity contribution in [1.29, 1.82) is 0 Å². The molecule has 1 N–H and O–H groups in total. The van der Waals surface area contributed by atoms with Crippen molar-refractivity contribution in [1.82, 2.24) is 0 Å². The maximum atomic E-state index is 12.3. The minimum Gasteiger partial charge on any atom is -0.543 e. The van der Waals surface area contributed by atoms with Gasteiger partial charge in [0, 0.05) is 16.7 Å². The molecule has 2 nitrogen and oxygen atoms in total.